The molecule has 1 aromatic carbocycles. The summed E-state index contributed by atoms with van der Waals surface area (Å²) in [6.45, 7) is 0.507. The van der Waals surface area contributed by atoms with Crippen molar-refractivity contribution >= 4 is 17.2 Å². The number of hydrogen-bond donors (Lipinski definition) is 1. The largest absolute Gasteiger partial charge is 0.326 e. The van der Waals surface area contributed by atoms with Crippen molar-refractivity contribution in [3.05, 3.63) is 64.6 Å². The quantitative estimate of drug-likeness (QED) is 0.797. The van der Waals surface area contributed by atoms with Crippen LogP contribution in [0.25, 0.3) is 5.65 Å². The van der Waals surface area contributed by atoms with Crippen molar-refractivity contribution in [3.8, 4) is 0 Å². The molecule has 0 aliphatic heterocycles. The second kappa shape index (κ2) is 4.99. The van der Waals surface area contributed by atoms with Gasteiger partial charge in [-0.05, 0) is 35.4 Å². The molecule has 0 saturated heterocycles. The lowest BCUT2D eigenvalue weighted by atomic mass is 10.1. The van der Waals surface area contributed by atoms with Gasteiger partial charge in [0.25, 0.3) is 0 Å². The minimum Gasteiger partial charge on any atom is -0.326 e. The van der Waals surface area contributed by atoms with Crippen LogP contribution in [0.2, 0.25) is 5.02 Å². The van der Waals surface area contributed by atoms with Crippen molar-refractivity contribution < 1.29 is 0 Å². The van der Waals surface area contributed by atoms with Gasteiger partial charge in [-0.15, -0.1) is 10.2 Å². The maximum absolute atomic E-state index is 5.99. The molecule has 3 rings (SSSR count). The summed E-state index contributed by atoms with van der Waals surface area (Å²) in [6.07, 6.45) is 2.65. The highest BCUT2D eigenvalue weighted by Gasteiger charge is 2.07. The highest BCUT2D eigenvalue weighted by Crippen LogP contribution is 2.15. The van der Waals surface area contributed by atoms with Crippen molar-refractivity contribution in [2.24, 2.45) is 5.73 Å². The van der Waals surface area contributed by atoms with Crippen LogP contribution in [0.1, 0.15) is 17.0 Å². The third-order valence-corrected chi connectivity index (χ3v) is 3.27. The molecule has 0 fully saturated rings. The average Bonchev–Trinajstić information content (AvgIpc) is 2.81. The van der Waals surface area contributed by atoms with E-state index in [9.17, 15) is 0 Å². The molecule has 0 radical (unpaired) electrons. The standard InChI is InChI=1S/C14H13ClN4/c15-12-3-1-2-10(6-12)7-13-17-18-14-8-11(9-16)4-5-19(13)14/h1-6,8H,7,9,16H2. The number of nitrogens with zero attached hydrogens (tertiary/aromatic N) is 3. The Labute approximate surface area is 115 Å². The van der Waals surface area contributed by atoms with Crippen LogP contribution >= 0.6 is 11.6 Å². The molecule has 0 saturated carbocycles. The Bertz CT molecular complexity index is 720. The van der Waals surface area contributed by atoms with E-state index in [1.807, 2.05) is 47.0 Å². The summed E-state index contributed by atoms with van der Waals surface area (Å²) >= 11 is 5.99. The van der Waals surface area contributed by atoms with Crippen LogP contribution < -0.4 is 5.73 Å². The second-order valence-corrected chi connectivity index (χ2v) is 4.83. The maximum atomic E-state index is 5.99. The van der Waals surface area contributed by atoms with Gasteiger partial charge in [-0.2, -0.15) is 0 Å². The summed E-state index contributed by atoms with van der Waals surface area (Å²) < 4.78 is 1.97. The molecular formula is C14H13ClN4. The van der Waals surface area contributed by atoms with Gasteiger partial charge in [0.2, 0.25) is 0 Å². The second-order valence-electron chi connectivity index (χ2n) is 4.39. The molecule has 2 aromatic heterocycles. The third-order valence-electron chi connectivity index (χ3n) is 3.03. The summed E-state index contributed by atoms with van der Waals surface area (Å²) in [5.74, 6) is 0.890. The Morgan fingerprint density at radius 3 is 2.79 bits per heavy atom. The smallest absolute Gasteiger partial charge is 0.161 e. The zero-order valence-corrected chi connectivity index (χ0v) is 11.0. The fraction of sp³-hybridized carbons (Fsp3) is 0.143. The number of rotatable bonds is 3. The first kappa shape index (κ1) is 12.1. The van der Waals surface area contributed by atoms with E-state index in [0.29, 0.717) is 13.0 Å². The molecule has 0 atom stereocenters. The first-order valence-corrected chi connectivity index (χ1v) is 6.41. The van der Waals surface area contributed by atoms with Crippen LogP contribution in [0, 0.1) is 0 Å². The minimum absolute atomic E-state index is 0.507. The van der Waals surface area contributed by atoms with E-state index >= 15 is 0 Å². The van der Waals surface area contributed by atoms with E-state index in [4.69, 9.17) is 17.3 Å². The van der Waals surface area contributed by atoms with Crippen molar-refractivity contribution in [2.45, 2.75) is 13.0 Å². The summed E-state index contributed by atoms with van der Waals surface area (Å²) in [4.78, 5) is 0. The Morgan fingerprint density at radius 2 is 2.00 bits per heavy atom. The average molecular weight is 273 g/mol. The molecule has 3 aromatic rings. The number of hydrogen-bond acceptors (Lipinski definition) is 3. The summed E-state index contributed by atoms with van der Waals surface area (Å²) in [5.41, 5.74) is 8.60. The molecule has 0 amide bonds. The number of fused-ring (bicyclic) bond motifs is 1. The van der Waals surface area contributed by atoms with E-state index in [1.165, 1.54) is 0 Å². The summed E-state index contributed by atoms with van der Waals surface area (Å²) in [7, 11) is 0. The van der Waals surface area contributed by atoms with Gasteiger partial charge in [-0.1, -0.05) is 23.7 Å². The van der Waals surface area contributed by atoms with Crippen LogP contribution in [-0.4, -0.2) is 14.6 Å². The van der Waals surface area contributed by atoms with Crippen LogP contribution in [-0.2, 0) is 13.0 Å². The summed E-state index contributed by atoms with van der Waals surface area (Å²) in [5, 5.41) is 9.13. The Morgan fingerprint density at radius 1 is 1.11 bits per heavy atom. The maximum Gasteiger partial charge on any atom is 0.161 e. The molecule has 0 aliphatic rings. The molecule has 0 unspecified atom stereocenters. The number of benzene rings is 1. The van der Waals surface area contributed by atoms with Gasteiger partial charge in [-0.3, -0.25) is 4.40 Å². The molecule has 0 spiro atoms. The number of aromatic nitrogens is 3. The lowest BCUT2D eigenvalue weighted by molar-refractivity contribution is 0.932. The van der Waals surface area contributed by atoms with E-state index in [1.54, 1.807) is 0 Å². The van der Waals surface area contributed by atoms with Gasteiger partial charge < -0.3 is 5.73 Å². The lowest BCUT2D eigenvalue weighted by Crippen LogP contribution is -1.99. The predicted molar refractivity (Wildman–Crippen MR) is 75.1 cm³/mol. The third kappa shape index (κ3) is 2.45. The first-order chi connectivity index (χ1) is 9.26. The lowest BCUT2D eigenvalue weighted by Gasteiger charge is -2.02. The predicted octanol–water partition coefficient (Wildman–Crippen LogP) is 2.43. The number of nitrogens with two attached hydrogens (primary N) is 1. The molecule has 0 bridgehead atoms. The van der Waals surface area contributed by atoms with Gasteiger partial charge in [0.1, 0.15) is 5.82 Å². The molecule has 5 heteroatoms. The minimum atomic E-state index is 0.507. The first-order valence-electron chi connectivity index (χ1n) is 6.03. The Kier molecular flexibility index (Phi) is 3.19. The van der Waals surface area contributed by atoms with Crippen LogP contribution in [0.4, 0.5) is 0 Å². The molecule has 19 heavy (non-hydrogen) atoms. The van der Waals surface area contributed by atoms with E-state index < -0.39 is 0 Å². The van der Waals surface area contributed by atoms with Gasteiger partial charge in [0.05, 0.1) is 0 Å². The van der Waals surface area contributed by atoms with Gasteiger partial charge >= 0.3 is 0 Å². The van der Waals surface area contributed by atoms with E-state index in [2.05, 4.69) is 10.2 Å². The summed E-state index contributed by atoms with van der Waals surface area (Å²) in [6, 6.07) is 11.7. The molecular weight excluding hydrogens is 260 g/mol. The van der Waals surface area contributed by atoms with Crippen molar-refractivity contribution in [2.75, 3.05) is 0 Å². The van der Waals surface area contributed by atoms with Crippen molar-refractivity contribution in [3.63, 3.8) is 0 Å². The van der Waals surface area contributed by atoms with Gasteiger partial charge in [0.15, 0.2) is 5.65 Å². The van der Waals surface area contributed by atoms with Crippen LogP contribution in [0.5, 0.6) is 0 Å². The molecule has 4 nitrogen and oxygen atoms in total. The highest BCUT2D eigenvalue weighted by atomic mass is 35.5. The Hall–Kier alpha value is -1.91. The fourth-order valence-electron chi connectivity index (χ4n) is 2.06. The topological polar surface area (TPSA) is 56.2 Å². The zero-order chi connectivity index (χ0) is 13.2. The van der Waals surface area contributed by atoms with E-state index in [-0.39, 0.29) is 0 Å². The number of pyridine rings is 1. The van der Waals surface area contributed by atoms with E-state index in [0.717, 1.165) is 27.6 Å². The number of halogens is 1. The fourth-order valence-corrected chi connectivity index (χ4v) is 2.27. The SMILES string of the molecule is NCc1ccn2c(Cc3cccc(Cl)c3)nnc2c1. The van der Waals surface area contributed by atoms with Crippen molar-refractivity contribution in [1.82, 2.24) is 14.6 Å². The normalized spacial score (nSPS) is 11.1. The zero-order valence-electron chi connectivity index (χ0n) is 10.3. The molecule has 2 heterocycles. The van der Waals surface area contributed by atoms with Gasteiger partial charge in [0, 0.05) is 24.2 Å². The molecule has 96 valence electrons. The monoisotopic (exact) mass is 272 g/mol. The molecule has 0 aliphatic carbocycles. The van der Waals surface area contributed by atoms with Gasteiger partial charge in [-0.25, -0.2) is 0 Å². The highest BCUT2D eigenvalue weighted by molar-refractivity contribution is 6.30. The molecule has 2 N–H and O–H groups in total. The van der Waals surface area contributed by atoms with Crippen molar-refractivity contribution in [1.29, 1.82) is 0 Å². The van der Waals surface area contributed by atoms with Crippen LogP contribution in [0.3, 0.4) is 0 Å². The Balaban J connectivity index is 1.97. The van der Waals surface area contributed by atoms with Crippen LogP contribution in [0.15, 0.2) is 42.6 Å².